The van der Waals surface area contributed by atoms with Gasteiger partial charge in [0.05, 0.1) is 6.34 Å². The minimum absolute atomic E-state index is 0.257. The fourth-order valence-electron chi connectivity index (χ4n) is 3.48. The average Bonchev–Trinajstić information content (AvgIpc) is 3.11. The highest BCUT2D eigenvalue weighted by Gasteiger charge is 2.53. The van der Waals surface area contributed by atoms with Gasteiger partial charge in [0, 0.05) is 19.8 Å². The van der Waals surface area contributed by atoms with Crippen LogP contribution in [-0.2, 0) is 9.59 Å². The van der Waals surface area contributed by atoms with Crippen molar-refractivity contribution in [2.45, 2.75) is 51.4 Å². The highest BCUT2D eigenvalue weighted by atomic mass is 16.2. The maximum absolute atomic E-state index is 13.0. The number of hydrogen-bond acceptors (Lipinski definition) is 5. The van der Waals surface area contributed by atoms with Crippen LogP contribution in [0, 0.1) is 0 Å². The topological polar surface area (TPSA) is 85.3 Å². The van der Waals surface area contributed by atoms with Gasteiger partial charge in [0.15, 0.2) is 12.2 Å². The van der Waals surface area contributed by atoms with Gasteiger partial charge in [0.1, 0.15) is 5.54 Å². The molecule has 8 heteroatoms. The molecule has 2 heterocycles. The Morgan fingerprint density at radius 3 is 2.32 bits per heavy atom. The van der Waals surface area contributed by atoms with Crippen molar-refractivity contribution >= 4 is 29.9 Å². The zero-order valence-electron chi connectivity index (χ0n) is 17.1. The number of likely N-dealkylation sites (N-methyl/N-ethyl adjacent to an activating group) is 2. The fraction of sp³-hybridized carbons (Fsp3) is 0.500. The summed E-state index contributed by atoms with van der Waals surface area (Å²) < 4.78 is 0. The summed E-state index contributed by atoms with van der Waals surface area (Å²) in [4.78, 5) is 46.3. The van der Waals surface area contributed by atoms with Gasteiger partial charge in [-0.3, -0.25) is 14.5 Å². The number of hydrogen-bond donors (Lipinski definition) is 1. The number of anilines is 1. The molecule has 8 nitrogen and oxygen atoms in total. The lowest BCUT2D eigenvalue weighted by Gasteiger charge is -2.44. The van der Waals surface area contributed by atoms with E-state index in [2.05, 4.69) is 24.2 Å². The van der Waals surface area contributed by atoms with Crippen molar-refractivity contribution in [3.63, 3.8) is 0 Å². The zero-order valence-corrected chi connectivity index (χ0v) is 17.1. The van der Waals surface area contributed by atoms with Crippen LogP contribution in [0.25, 0.3) is 0 Å². The van der Waals surface area contributed by atoms with Crippen molar-refractivity contribution in [3.05, 3.63) is 29.8 Å². The van der Waals surface area contributed by atoms with E-state index >= 15 is 0 Å². The quantitative estimate of drug-likeness (QED) is 0.860. The molecule has 3 rings (SSSR count). The van der Waals surface area contributed by atoms with Crippen molar-refractivity contribution in [2.24, 2.45) is 4.99 Å². The molecule has 0 radical (unpaired) electrons. The van der Waals surface area contributed by atoms with Crippen LogP contribution < -0.4 is 5.32 Å². The molecular weight excluding hydrogens is 358 g/mol. The van der Waals surface area contributed by atoms with Crippen LogP contribution in [0.5, 0.6) is 0 Å². The highest BCUT2D eigenvalue weighted by Crippen LogP contribution is 2.31. The summed E-state index contributed by atoms with van der Waals surface area (Å²) >= 11 is 0. The van der Waals surface area contributed by atoms with Gasteiger partial charge in [0.2, 0.25) is 5.91 Å². The molecular formula is C20H27N5O3. The monoisotopic (exact) mass is 385 g/mol. The zero-order chi connectivity index (χ0) is 20.8. The number of nitrogens with zero attached hydrogens (tertiary/aromatic N) is 4. The predicted molar refractivity (Wildman–Crippen MR) is 107 cm³/mol. The number of rotatable bonds is 4. The number of benzene rings is 1. The van der Waals surface area contributed by atoms with Gasteiger partial charge in [-0.2, -0.15) is 0 Å². The molecule has 2 aliphatic heterocycles. The van der Waals surface area contributed by atoms with Crippen LogP contribution in [0.2, 0.25) is 0 Å². The van der Waals surface area contributed by atoms with Gasteiger partial charge in [-0.05, 0) is 37.5 Å². The molecule has 0 aliphatic carbocycles. The van der Waals surface area contributed by atoms with E-state index < -0.39 is 23.8 Å². The number of carbonyl (C=O) groups is 3. The molecule has 0 aromatic heterocycles. The molecule has 2 unspecified atom stereocenters. The Bertz CT molecular complexity index is 831. The number of aliphatic imine (C=N–C) groups is 1. The smallest absolute Gasteiger partial charge is 0.328 e. The van der Waals surface area contributed by atoms with Gasteiger partial charge >= 0.3 is 6.03 Å². The van der Waals surface area contributed by atoms with Crippen LogP contribution in [0.15, 0.2) is 29.3 Å². The van der Waals surface area contributed by atoms with Crippen molar-refractivity contribution in [2.75, 3.05) is 19.4 Å². The van der Waals surface area contributed by atoms with E-state index in [0.717, 1.165) is 4.90 Å². The van der Waals surface area contributed by atoms with E-state index in [-0.39, 0.29) is 11.8 Å². The number of imide groups is 1. The number of nitrogens with one attached hydrogen (secondary N) is 1. The third-order valence-corrected chi connectivity index (χ3v) is 5.53. The van der Waals surface area contributed by atoms with E-state index in [1.165, 1.54) is 23.8 Å². The molecule has 0 bridgehead atoms. The second-order valence-corrected chi connectivity index (χ2v) is 8.11. The summed E-state index contributed by atoms with van der Waals surface area (Å²) in [6, 6.07) is 6.59. The predicted octanol–water partition coefficient (Wildman–Crippen LogP) is 2.09. The van der Waals surface area contributed by atoms with Crippen molar-refractivity contribution in [3.8, 4) is 0 Å². The normalized spacial score (nSPS) is 22.2. The molecule has 28 heavy (non-hydrogen) atoms. The Labute approximate surface area is 165 Å². The third-order valence-electron chi connectivity index (χ3n) is 5.53. The molecule has 2 aliphatic rings. The second kappa shape index (κ2) is 6.92. The summed E-state index contributed by atoms with van der Waals surface area (Å²) in [6.07, 6.45) is 0.867. The molecule has 2 atom stereocenters. The summed E-state index contributed by atoms with van der Waals surface area (Å²) in [7, 11) is 3.05. The largest absolute Gasteiger partial charge is 0.333 e. The lowest BCUT2D eigenvalue weighted by atomic mass is 9.97. The lowest BCUT2D eigenvalue weighted by molar-refractivity contribution is -0.139. The van der Waals surface area contributed by atoms with Gasteiger partial charge in [-0.25, -0.2) is 9.79 Å². The number of urea groups is 1. The maximum atomic E-state index is 13.0. The molecule has 1 N–H and O–H groups in total. The molecule has 4 amide bonds. The highest BCUT2D eigenvalue weighted by molar-refractivity contribution is 6.04. The Kier molecular flexibility index (Phi) is 4.91. The standard InChI is InChI=1S/C20H27N5O3/c1-12(2)13-7-9-14(10-8-13)22-18(27)20(3,4)25-11-21-16-15(25)17(26)24(6)19(28)23(16)5/h7-12,15-16H,1-6H3,(H,22,27). The molecule has 0 spiro atoms. The molecule has 1 aromatic carbocycles. The van der Waals surface area contributed by atoms with E-state index in [0.29, 0.717) is 11.6 Å². The van der Waals surface area contributed by atoms with E-state index in [1.807, 2.05) is 24.3 Å². The van der Waals surface area contributed by atoms with E-state index in [1.54, 1.807) is 25.8 Å². The first-order chi connectivity index (χ1) is 13.1. The van der Waals surface area contributed by atoms with Crippen LogP contribution in [-0.4, -0.2) is 70.7 Å². The first-order valence-corrected chi connectivity index (χ1v) is 9.33. The van der Waals surface area contributed by atoms with Gasteiger partial charge in [-0.15, -0.1) is 0 Å². The summed E-state index contributed by atoms with van der Waals surface area (Å²) in [6.45, 7) is 7.70. The number of fused-ring (bicyclic) bond motifs is 1. The number of carbonyl (C=O) groups excluding carboxylic acids is 3. The molecule has 150 valence electrons. The molecule has 0 saturated carbocycles. The summed E-state index contributed by atoms with van der Waals surface area (Å²) in [5, 5.41) is 2.92. The second-order valence-electron chi connectivity index (χ2n) is 8.11. The Morgan fingerprint density at radius 2 is 1.75 bits per heavy atom. The molecule has 1 saturated heterocycles. The summed E-state index contributed by atoms with van der Waals surface area (Å²) in [5.41, 5.74) is 0.835. The van der Waals surface area contributed by atoms with Crippen molar-refractivity contribution < 1.29 is 14.4 Å². The minimum Gasteiger partial charge on any atom is -0.333 e. The minimum atomic E-state index is -1.04. The first-order valence-electron chi connectivity index (χ1n) is 9.33. The van der Waals surface area contributed by atoms with Crippen LogP contribution >= 0.6 is 0 Å². The number of amides is 4. The van der Waals surface area contributed by atoms with E-state index in [9.17, 15) is 14.4 Å². The van der Waals surface area contributed by atoms with Crippen LogP contribution in [0.3, 0.4) is 0 Å². The van der Waals surface area contributed by atoms with Crippen LogP contribution in [0.4, 0.5) is 10.5 Å². The summed E-state index contributed by atoms with van der Waals surface area (Å²) in [5.74, 6) is -0.215. The SMILES string of the molecule is CC(C)c1ccc(NC(=O)C(C)(C)N2C=NC3C2C(=O)N(C)C(=O)N3C)cc1. The fourth-order valence-corrected chi connectivity index (χ4v) is 3.48. The van der Waals surface area contributed by atoms with Crippen molar-refractivity contribution in [1.29, 1.82) is 0 Å². The van der Waals surface area contributed by atoms with Gasteiger partial charge < -0.3 is 15.1 Å². The lowest BCUT2D eigenvalue weighted by Crippen LogP contribution is -2.67. The van der Waals surface area contributed by atoms with Crippen LogP contribution in [0.1, 0.15) is 39.2 Å². The average molecular weight is 385 g/mol. The maximum Gasteiger partial charge on any atom is 0.328 e. The molecule has 1 aromatic rings. The Morgan fingerprint density at radius 1 is 1.14 bits per heavy atom. The van der Waals surface area contributed by atoms with Gasteiger partial charge in [-0.1, -0.05) is 26.0 Å². The molecule has 1 fully saturated rings. The van der Waals surface area contributed by atoms with Gasteiger partial charge in [0.25, 0.3) is 5.91 Å². The first kappa shape index (κ1) is 19.9. The third kappa shape index (κ3) is 3.12. The Hall–Kier alpha value is -2.90. The Balaban J connectivity index is 1.80. The van der Waals surface area contributed by atoms with Crippen molar-refractivity contribution in [1.82, 2.24) is 14.7 Å². The van der Waals surface area contributed by atoms with E-state index in [4.69, 9.17) is 0 Å².